The number of imidazole rings is 1. The van der Waals surface area contributed by atoms with Gasteiger partial charge >= 0.3 is 18.1 Å². The number of hydrogen-bond acceptors (Lipinski definition) is 5. The molecule has 0 saturated heterocycles. The second kappa shape index (κ2) is 13.7. The molecule has 2 heterocycles. The fourth-order valence-corrected chi connectivity index (χ4v) is 5.17. The van der Waals surface area contributed by atoms with E-state index in [0.29, 0.717) is 28.4 Å². The molecule has 0 spiro atoms. The number of aliphatic carboxylic acids is 2. The van der Waals surface area contributed by atoms with Crippen molar-refractivity contribution in [2.75, 3.05) is 18.9 Å². The van der Waals surface area contributed by atoms with Gasteiger partial charge in [0.1, 0.15) is 6.04 Å². The van der Waals surface area contributed by atoms with Crippen molar-refractivity contribution >= 4 is 23.5 Å². The molecule has 9 nitrogen and oxygen atoms in total. The molecule has 2 N–H and O–H groups in total. The zero-order chi connectivity index (χ0) is 37.9. The predicted octanol–water partition coefficient (Wildman–Crippen LogP) is 5.11. The molecular formula is C33H33F3N4O5. The molecule has 1 aliphatic heterocycles. The van der Waals surface area contributed by atoms with Gasteiger partial charge in [0, 0.05) is 46.5 Å². The third kappa shape index (κ3) is 7.69. The van der Waals surface area contributed by atoms with Gasteiger partial charge in [-0.25, -0.2) is 14.6 Å². The molecule has 1 aromatic heterocycles. The number of carbonyl (C=O) groups excluding carboxylic acids is 1. The molecule has 1 atom stereocenters. The molecule has 0 aliphatic carbocycles. The number of carbonyl (C=O) groups is 3. The Balaban J connectivity index is 0.000000755. The number of aromatic nitrogens is 2. The second-order valence-corrected chi connectivity index (χ2v) is 10.3. The summed E-state index contributed by atoms with van der Waals surface area (Å²) in [6, 6.07) is 22.3. The van der Waals surface area contributed by atoms with Crippen LogP contribution in [0.15, 0.2) is 85.2 Å². The molecule has 0 saturated carbocycles. The molecule has 45 heavy (non-hydrogen) atoms. The lowest BCUT2D eigenvalue weighted by Crippen LogP contribution is -2.50. The summed E-state index contributed by atoms with van der Waals surface area (Å²) >= 11 is 0. The lowest BCUT2D eigenvalue weighted by atomic mass is 9.88. The van der Waals surface area contributed by atoms with Crippen LogP contribution in [-0.4, -0.2) is 68.7 Å². The molecule has 5 rings (SSSR count). The molecular weight excluding hydrogens is 589 g/mol. The van der Waals surface area contributed by atoms with E-state index in [9.17, 15) is 27.9 Å². The molecule has 0 bridgehead atoms. The summed E-state index contributed by atoms with van der Waals surface area (Å²) in [4.78, 5) is 42.0. The fourth-order valence-electron chi connectivity index (χ4n) is 5.17. The van der Waals surface area contributed by atoms with E-state index in [1.54, 1.807) is 25.4 Å². The van der Waals surface area contributed by atoms with Crippen LogP contribution in [0.3, 0.4) is 0 Å². The van der Waals surface area contributed by atoms with Crippen molar-refractivity contribution in [1.29, 1.82) is 0 Å². The molecule has 0 unspecified atom stereocenters. The van der Waals surface area contributed by atoms with Gasteiger partial charge in [-0.3, -0.25) is 4.79 Å². The van der Waals surface area contributed by atoms with Crippen LogP contribution in [0.4, 0.5) is 18.9 Å². The first kappa shape index (κ1) is 25.2. The van der Waals surface area contributed by atoms with E-state index in [1.165, 1.54) is 11.0 Å². The van der Waals surface area contributed by atoms with Gasteiger partial charge in [-0.05, 0) is 35.2 Å². The van der Waals surface area contributed by atoms with E-state index in [2.05, 4.69) is 4.98 Å². The summed E-state index contributed by atoms with van der Waals surface area (Å²) in [5.74, 6) is -4.89. The topological polar surface area (TPSA) is 116 Å². The van der Waals surface area contributed by atoms with E-state index in [0.717, 1.165) is 16.7 Å². The number of aryl methyl sites for hydroxylation is 1. The highest BCUT2D eigenvalue weighted by molar-refractivity contribution is 5.91. The Bertz CT molecular complexity index is 1820. The Morgan fingerprint density at radius 2 is 1.58 bits per heavy atom. The Morgan fingerprint density at radius 1 is 1.00 bits per heavy atom. The van der Waals surface area contributed by atoms with E-state index in [4.69, 9.17) is 18.1 Å². The number of benzene rings is 3. The molecule has 1 aliphatic rings. The van der Waals surface area contributed by atoms with Gasteiger partial charge < -0.3 is 24.6 Å². The SMILES string of the molecule is O=C(O)C(F)(F)F.[2H]C([2H])([2H])N(c1ccc(Cn2cnc3c2C[C@@H](C(=O)O)N(C(=O)C(c2ccccc2)c2ccccc2)C3)cc1C)C([2H])([2H])[2H]. The monoisotopic (exact) mass is 628 g/mol. The highest BCUT2D eigenvalue weighted by atomic mass is 19.4. The first-order valence-corrected chi connectivity index (χ1v) is 13.6. The van der Waals surface area contributed by atoms with Gasteiger partial charge in [0.15, 0.2) is 0 Å². The second-order valence-electron chi connectivity index (χ2n) is 10.3. The Kier molecular flexibility index (Phi) is 7.66. The maximum atomic E-state index is 14.1. The van der Waals surface area contributed by atoms with Gasteiger partial charge in [0.25, 0.3) is 0 Å². The van der Waals surface area contributed by atoms with Crippen LogP contribution in [0.5, 0.6) is 0 Å². The van der Waals surface area contributed by atoms with Crippen LogP contribution >= 0.6 is 0 Å². The summed E-state index contributed by atoms with van der Waals surface area (Å²) in [6.07, 6.45) is -3.43. The molecule has 4 aromatic rings. The average molecular weight is 629 g/mol. The number of anilines is 1. The summed E-state index contributed by atoms with van der Waals surface area (Å²) in [6.45, 7) is -3.76. The highest BCUT2D eigenvalue weighted by Crippen LogP contribution is 2.32. The van der Waals surface area contributed by atoms with Crippen molar-refractivity contribution in [3.8, 4) is 0 Å². The molecule has 12 heteroatoms. The van der Waals surface area contributed by atoms with E-state index in [-0.39, 0.29) is 24.6 Å². The number of fused-ring (bicyclic) bond motifs is 1. The van der Waals surface area contributed by atoms with Crippen LogP contribution in [0.1, 0.15) is 47.8 Å². The lowest BCUT2D eigenvalue weighted by Gasteiger charge is -2.35. The Hall–Kier alpha value is -5.13. The maximum absolute atomic E-state index is 14.1. The number of hydrogen-bond donors (Lipinski definition) is 2. The minimum Gasteiger partial charge on any atom is -0.480 e. The van der Waals surface area contributed by atoms with E-state index < -0.39 is 44.0 Å². The van der Waals surface area contributed by atoms with Crippen LogP contribution in [0.25, 0.3) is 0 Å². The number of nitrogens with zero attached hydrogens (tertiary/aromatic N) is 4. The number of rotatable bonds is 7. The standard InChI is InChI=1S/C31H32N4O3.C2HF3O2/c1-21-16-22(14-15-26(21)33(2)3)18-34-20-32-25-19-35(28(31(37)38)17-27(25)34)30(36)29(23-10-6-4-7-11-23)24-12-8-5-9-13-24;3-2(4,5)1(6)7/h4-16,20,28-29H,17-19H2,1-3H3,(H,37,38);(H,6,7)/t28-;/m0./s1/i2D3,3D3;. The number of halogens is 3. The maximum Gasteiger partial charge on any atom is 0.490 e. The number of amides is 1. The van der Waals surface area contributed by atoms with Crippen LogP contribution < -0.4 is 4.90 Å². The van der Waals surface area contributed by atoms with E-state index in [1.807, 2.05) is 65.2 Å². The summed E-state index contributed by atoms with van der Waals surface area (Å²) < 4.78 is 79.9. The summed E-state index contributed by atoms with van der Waals surface area (Å²) in [7, 11) is 0. The summed E-state index contributed by atoms with van der Waals surface area (Å²) in [5, 5.41) is 17.4. The third-order valence-electron chi connectivity index (χ3n) is 7.29. The molecule has 0 fully saturated rings. The Morgan fingerprint density at radius 3 is 2.07 bits per heavy atom. The van der Waals surface area contributed by atoms with Crippen LogP contribution in [-0.2, 0) is 33.9 Å². The smallest absolute Gasteiger partial charge is 0.480 e. The van der Waals surface area contributed by atoms with Gasteiger partial charge in [-0.15, -0.1) is 0 Å². The van der Waals surface area contributed by atoms with Crippen molar-refractivity contribution in [1.82, 2.24) is 14.5 Å². The van der Waals surface area contributed by atoms with E-state index >= 15 is 0 Å². The summed E-state index contributed by atoms with van der Waals surface area (Å²) in [5.41, 5.74) is 4.11. The molecule has 0 radical (unpaired) electrons. The number of alkyl halides is 3. The first-order chi connectivity index (χ1) is 23.7. The quantitative estimate of drug-likeness (QED) is 0.292. The lowest BCUT2D eigenvalue weighted by molar-refractivity contribution is -0.192. The van der Waals surface area contributed by atoms with Gasteiger partial charge in [-0.1, -0.05) is 72.8 Å². The molecule has 3 aromatic carbocycles. The average Bonchev–Trinajstić information content (AvgIpc) is 3.42. The van der Waals surface area contributed by atoms with Crippen LogP contribution in [0.2, 0.25) is 0 Å². The van der Waals surface area contributed by atoms with Crippen molar-refractivity contribution in [2.45, 2.75) is 44.6 Å². The van der Waals surface area contributed by atoms with Gasteiger partial charge in [0.2, 0.25) is 5.91 Å². The fraction of sp³-hybridized carbons (Fsp3) is 0.273. The zero-order valence-corrected chi connectivity index (χ0v) is 23.9. The largest absolute Gasteiger partial charge is 0.490 e. The predicted molar refractivity (Wildman–Crippen MR) is 161 cm³/mol. The van der Waals surface area contributed by atoms with Gasteiger partial charge in [-0.2, -0.15) is 13.2 Å². The van der Waals surface area contributed by atoms with Crippen molar-refractivity contribution < 1.29 is 46.0 Å². The molecule has 236 valence electrons. The minimum absolute atomic E-state index is 0.0262. The first-order valence-electron chi connectivity index (χ1n) is 16.6. The Labute approximate surface area is 266 Å². The van der Waals surface area contributed by atoms with Crippen molar-refractivity contribution in [3.63, 3.8) is 0 Å². The van der Waals surface area contributed by atoms with Crippen molar-refractivity contribution in [3.05, 3.63) is 119 Å². The normalized spacial score (nSPS) is 16.8. The van der Waals surface area contributed by atoms with Crippen LogP contribution in [0, 0.1) is 6.92 Å². The number of carboxylic acid groups (broad SMARTS) is 2. The number of carboxylic acids is 2. The zero-order valence-electron chi connectivity index (χ0n) is 29.9. The van der Waals surface area contributed by atoms with Gasteiger partial charge in [0.05, 0.1) is 24.5 Å². The highest BCUT2D eigenvalue weighted by Gasteiger charge is 2.40. The minimum atomic E-state index is -5.08. The van der Waals surface area contributed by atoms with Crippen molar-refractivity contribution in [2.24, 2.45) is 0 Å². The molecule has 1 amide bonds. The third-order valence-corrected chi connectivity index (χ3v) is 7.29.